The van der Waals surface area contributed by atoms with Crippen molar-refractivity contribution < 1.29 is 9.47 Å². The van der Waals surface area contributed by atoms with Crippen LogP contribution >= 0.6 is 0 Å². The maximum Gasteiger partial charge on any atom is 0.138 e. The molecule has 4 rings (SSSR count). The van der Waals surface area contributed by atoms with Gasteiger partial charge in [0.25, 0.3) is 0 Å². The Labute approximate surface area is 147 Å². The molecule has 1 aliphatic heterocycles. The van der Waals surface area contributed by atoms with Crippen molar-refractivity contribution in [2.24, 2.45) is 0 Å². The summed E-state index contributed by atoms with van der Waals surface area (Å²) in [6.07, 6.45) is 5.82. The van der Waals surface area contributed by atoms with Crippen molar-refractivity contribution >= 4 is 16.7 Å². The Morgan fingerprint density at radius 3 is 2.92 bits per heavy atom. The molecule has 128 valence electrons. The lowest BCUT2D eigenvalue weighted by Gasteiger charge is -2.33. The van der Waals surface area contributed by atoms with Crippen LogP contribution in [0.1, 0.15) is 12.8 Å². The smallest absolute Gasteiger partial charge is 0.138 e. The van der Waals surface area contributed by atoms with Gasteiger partial charge in [0.05, 0.1) is 25.4 Å². The van der Waals surface area contributed by atoms with Gasteiger partial charge in [-0.05, 0) is 55.3 Å². The highest BCUT2D eigenvalue weighted by molar-refractivity contribution is 5.81. The number of methoxy groups -OCH3 is 1. The summed E-state index contributed by atoms with van der Waals surface area (Å²) in [5, 5.41) is 1.09. The molecule has 5 heteroatoms. The molecule has 0 aliphatic carbocycles. The first kappa shape index (κ1) is 15.7. The Balaban J connectivity index is 1.51. The molecule has 5 nitrogen and oxygen atoms in total. The second-order valence-corrected chi connectivity index (χ2v) is 6.24. The zero-order valence-corrected chi connectivity index (χ0v) is 14.3. The predicted octanol–water partition coefficient (Wildman–Crippen LogP) is 3.69. The van der Waals surface area contributed by atoms with E-state index in [1.807, 2.05) is 30.3 Å². The van der Waals surface area contributed by atoms with Gasteiger partial charge >= 0.3 is 0 Å². The average molecular weight is 335 g/mol. The van der Waals surface area contributed by atoms with Crippen molar-refractivity contribution in [3.63, 3.8) is 0 Å². The lowest BCUT2D eigenvalue weighted by atomic mass is 10.1. The maximum absolute atomic E-state index is 6.08. The van der Waals surface area contributed by atoms with E-state index in [1.165, 1.54) is 0 Å². The fraction of sp³-hybridized carbons (Fsp3) is 0.300. The van der Waals surface area contributed by atoms with E-state index < -0.39 is 0 Å². The zero-order chi connectivity index (χ0) is 17.1. The highest BCUT2D eigenvalue weighted by atomic mass is 16.5. The third kappa shape index (κ3) is 3.50. The lowest BCUT2D eigenvalue weighted by Crippen LogP contribution is -2.41. The van der Waals surface area contributed by atoms with Crippen LogP contribution in [0.5, 0.6) is 11.5 Å². The number of piperidine rings is 1. The summed E-state index contributed by atoms with van der Waals surface area (Å²) in [6, 6.07) is 14.0. The number of fused-ring (bicyclic) bond motifs is 1. The van der Waals surface area contributed by atoms with E-state index in [4.69, 9.17) is 14.5 Å². The highest BCUT2D eigenvalue weighted by Gasteiger charge is 2.22. The molecule has 0 saturated carbocycles. The van der Waals surface area contributed by atoms with Crippen LogP contribution in [0.4, 0.5) is 5.82 Å². The summed E-state index contributed by atoms with van der Waals surface area (Å²) >= 11 is 0. The SMILES string of the molecule is COc1ccc2nc(N3CCCC(Oc4cccnc4)C3)ccc2c1. The predicted molar refractivity (Wildman–Crippen MR) is 98.4 cm³/mol. The summed E-state index contributed by atoms with van der Waals surface area (Å²) in [7, 11) is 1.68. The Morgan fingerprint density at radius 2 is 2.08 bits per heavy atom. The van der Waals surface area contributed by atoms with Gasteiger partial charge in [0.2, 0.25) is 0 Å². The quantitative estimate of drug-likeness (QED) is 0.728. The molecule has 0 bridgehead atoms. The van der Waals surface area contributed by atoms with Gasteiger partial charge in [0, 0.05) is 18.1 Å². The van der Waals surface area contributed by atoms with Crippen molar-refractivity contribution in [3.05, 3.63) is 54.9 Å². The summed E-state index contributed by atoms with van der Waals surface area (Å²) in [5.41, 5.74) is 0.980. The molecule has 3 heterocycles. The second-order valence-electron chi connectivity index (χ2n) is 6.24. The van der Waals surface area contributed by atoms with Crippen LogP contribution in [0.15, 0.2) is 54.9 Å². The number of benzene rings is 1. The Bertz CT molecular complexity index is 854. The van der Waals surface area contributed by atoms with Crippen LogP contribution < -0.4 is 14.4 Å². The normalized spacial score (nSPS) is 17.5. The molecule has 25 heavy (non-hydrogen) atoms. The molecular formula is C20H21N3O2. The molecular weight excluding hydrogens is 314 g/mol. The standard InChI is InChI=1S/C20H21N3O2/c1-24-16-7-8-19-15(12-16)6-9-20(22-19)23-11-3-5-18(14-23)25-17-4-2-10-21-13-17/h2,4,6-10,12-13,18H,3,5,11,14H2,1H3. The van der Waals surface area contributed by atoms with Gasteiger partial charge in [0.15, 0.2) is 0 Å². The van der Waals surface area contributed by atoms with Crippen LogP contribution in [0.25, 0.3) is 10.9 Å². The van der Waals surface area contributed by atoms with Crippen LogP contribution in [0, 0.1) is 0 Å². The average Bonchev–Trinajstić information content (AvgIpc) is 2.68. The third-order valence-corrected chi connectivity index (χ3v) is 4.52. The third-order valence-electron chi connectivity index (χ3n) is 4.52. The number of aromatic nitrogens is 2. The molecule has 0 radical (unpaired) electrons. The fourth-order valence-electron chi connectivity index (χ4n) is 3.25. The van der Waals surface area contributed by atoms with Gasteiger partial charge in [-0.25, -0.2) is 4.98 Å². The maximum atomic E-state index is 6.08. The van der Waals surface area contributed by atoms with Gasteiger partial charge in [0.1, 0.15) is 23.4 Å². The van der Waals surface area contributed by atoms with E-state index in [1.54, 1.807) is 19.5 Å². The van der Waals surface area contributed by atoms with Gasteiger partial charge in [-0.15, -0.1) is 0 Å². The Hall–Kier alpha value is -2.82. The van der Waals surface area contributed by atoms with E-state index in [-0.39, 0.29) is 6.10 Å². The molecule has 0 amide bonds. The lowest BCUT2D eigenvalue weighted by molar-refractivity contribution is 0.178. The fourth-order valence-corrected chi connectivity index (χ4v) is 3.25. The topological polar surface area (TPSA) is 47.5 Å². The van der Waals surface area contributed by atoms with Crippen molar-refractivity contribution in [2.45, 2.75) is 18.9 Å². The molecule has 1 aliphatic rings. The largest absolute Gasteiger partial charge is 0.497 e. The molecule has 3 aromatic rings. The highest BCUT2D eigenvalue weighted by Crippen LogP contribution is 2.25. The van der Waals surface area contributed by atoms with Gasteiger partial charge in [-0.2, -0.15) is 0 Å². The van der Waals surface area contributed by atoms with Crippen molar-refractivity contribution in [1.82, 2.24) is 9.97 Å². The summed E-state index contributed by atoms with van der Waals surface area (Å²) < 4.78 is 11.4. The molecule has 1 unspecified atom stereocenters. The number of nitrogens with zero attached hydrogens (tertiary/aromatic N) is 3. The van der Waals surface area contributed by atoms with E-state index in [0.29, 0.717) is 0 Å². The monoisotopic (exact) mass is 335 g/mol. The minimum absolute atomic E-state index is 0.159. The Morgan fingerprint density at radius 1 is 1.12 bits per heavy atom. The van der Waals surface area contributed by atoms with Crippen LogP contribution in [-0.2, 0) is 0 Å². The Kier molecular flexibility index (Phi) is 4.37. The zero-order valence-electron chi connectivity index (χ0n) is 14.3. The van der Waals surface area contributed by atoms with E-state index in [0.717, 1.165) is 54.2 Å². The number of anilines is 1. The first-order valence-electron chi connectivity index (χ1n) is 8.58. The minimum atomic E-state index is 0.159. The van der Waals surface area contributed by atoms with Crippen molar-refractivity contribution in [1.29, 1.82) is 0 Å². The molecule has 1 atom stereocenters. The molecule has 1 fully saturated rings. The number of ether oxygens (including phenoxy) is 2. The first-order valence-corrected chi connectivity index (χ1v) is 8.58. The molecule has 1 aromatic carbocycles. The number of pyridine rings is 2. The van der Waals surface area contributed by atoms with Crippen LogP contribution in [0.2, 0.25) is 0 Å². The number of rotatable bonds is 4. The summed E-state index contributed by atoms with van der Waals surface area (Å²) in [4.78, 5) is 11.2. The first-order chi connectivity index (χ1) is 12.3. The van der Waals surface area contributed by atoms with E-state index >= 15 is 0 Å². The summed E-state index contributed by atoms with van der Waals surface area (Å²) in [5.74, 6) is 2.68. The van der Waals surface area contributed by atoms with Crippen LogP contribution in [0.3, 0.4) is 0 Å². The number of hydrogen-bond donors (Lipinski definition) is 0. The minimum Gasteiger partial charge on any atom is -0.497 e. The molecule has 0 N–H and O–H groups in total. The second kappa shape index (κ2) is 6.97. The van der Waals surface area contributed by atoms with Gasteiger partial charge < -0.3 is 14.4 Å². The number of hydrogen-bond acceptors (Lipinski definition) is 5. The van der Waals surface area contributed by atoms with E-state index in [9.17, 15) is 0 Å². The van der Waals surface area contributed by atoms with Crippen LogP contribution in [-0.4, -0.2) is 36.3 Å². The van der Waals surface area contributed by atoms with Gasteiger partial charge in [-0.3, -0.25) is 4.98 Å². The van der Waals surface area contributed by atoms with Crippen molar-refractivity contribution in [2.75, 3.05) is 25.1 Å². The molecule has 0 spiro atoms. The van der Waals surface area contributed by atoms with E-state index in [2.05, 4.69) is 22.0 Å². The molecule has 1 saturated heterocycles. The van der Waals surface area contributed by atoms with Gasteiger partial charge in [-0.1, -0.05) is 0 Å². The van der Waals surface area contributed by atoms with Crippen molar-refractivity contribution in [3.8, 4) is 11.5 Å². The molecule has 2 aromatic heterocycles. The summed E-state index contributed by atoms with van der Waals surface area (Å²) in [6.45, 7) is 1.84.